The van der Waals surface area contributed by atoms with Crippen LogP contribution in [0.25, 0.3) is 0 Å². The first-order valence-corrected chi connectivity index (χ1v) is 4.57. The van der Waals surface area contributed by atoms with Crippen molar-refractivity contribution in [2.24, 2.45) is 11.7 Å². The molecule has 2 aliphatic carbocycles. The van der Waals surface area contributed by atoms with E-state index in [1.54, 1.807) is 0 Å². The van der Waals surface area contributed by atoms with Crippen molar-refractivity contribution >= 4 is 0 Å². The molecule has 1 nitrogen and oxygen atoms in total. The molecule has 0 saturated heterocycles. The van der Waals surface area contributed by atoms with Crippen molar-refractivity contribution in [3.05, 3.63) is 0 Å². The first-order chi connectivity index (χ1) is 4.79. The minimum absolute atomic E-state index is 0. The summed E-state index contributed by atoms with van der Waals surface area (Å²) in [4.78, 5) is 0. The molecule has 0 unspecified atom stereocenters. The predicted octanol–water partition coefficient (Wildman–Crippen LogP) is 2.69. The molecule has 2 rings (SSSR count). The summed E-state index contributed by atoms with van der Waals surface area (Å²) in [5.41, 5.74) is 6.48. The highest BCUT2D eigenvalue weighted by atomic mass is 14.8. The van der Waals surface area contributed by atoms with Crippen LogP contribution in [0.3, 0.4) is 0 Å². The summed E-state index contributed by atoms with van der Waals surface area (Å²) in [5, 5.41) is 0. The number of hydrogen-bond donors (Lipinski definition) is 1. The molecule has 11 heavy (non-hydrogen) atoms. The predicted molar refractivity (Wildman–Crippen MR) is 49.5 cm³/mol. The van der Waals surface area contributed by atoms with Gasteiger partial charge in [-0.1, -0.05) is 33.1 Å². The van der Waals surface area contributed by atoms with Crippen LogP contribution in [0.2, 0.25) is 0 Å². The van der Waals surface area contributed by atoms with Crippen LogP contribution in [0, 0.1) is 5.92 Å². The number of rotatable bonds is 0. The molecular weight excluding hydrogens is 134 g/mol. The van der Waals surface area contributed by atoms with Crippen molar-refractivity contribution in [2.75, 3.05) is 0 Å². The standard InChI is InChI=1S/C9H17N.CH4/c10-9-5-1-3-8(7-9)4-2-6-9;/h8H,1-7,10H2;1H4. The largest absolute Gasteiger partial charge is 0.325 e. The Kier molecular flexibility index (Phi) is 2.58. The Morgan fingerprint density at radius 3 is 2.00 bits per heavy atom. The second-order valence-corrected chi connectivity index (χ2v) is 4.22. The fraction of sp³-hybridized carbons (Fsp3) is 1.00. The summed E-state index contributed by atoms with van der Waals surface area (Å²) in [7, 11) is 0. The van der Waals surface area contributed by atoms with Gasteiger partial charge in [-0.2, -0.15) is 0 Å². The van der Waals surface area contributed by atoms with Crippen molar-refractivity contribution in [3.8, 4) is 0 Å². The van der Waals surface area contributed by atoms with E-state index in [9.17, 15) is 0 Å². The highest BCUT2D eigenvalue weighted by Crippen LogP contribution is 2.40. The molecule has 66 valence electrons. The molecule has 0 amide bonds. The van der Waals surface area contributed by atoms with Gasteiger partial charge in [0.05, 0.1) is 0 Å². The fourth-order valence-electron chi connectivity index (χ4n) is 2.74. The zero-order chi connectivity index (χ0) is 7.03. The molecule has 0 atom stereocenters. The zero-order valence-corrected chi connectivity index (χ0v) is 6.60. The van der Waals surface area contributed by atoms with E-state index in [1.165, 1.54) is 44.9 Å². The molecule has 2 bridgehead atoms. The lowest BCUT2D eigenvalue weighted by Gasteiger charge is -2.42. The van der Waals surface area contributed by atoms with Gasteiger partial charge in [0.25, 0.3) is 0 Å². The Morgan fingerprint density at radius 2 is 1.64 bits per heavy atom. The summed E-state index contributed by atoms with van der Waals surface area (Å²) in [6.45, 7) is 0. The van der Waals surface area contributed by atoms with Crippen LogP contribution in [0.1, 0.15) is 52.4 Å². The summed E-state index contributed by atoms with van der Waals surface area (Å²) in [6.07, 6.45) is 9.61. The van der Waals surface area contributed by atoms with Crippen LogP contribution in [0.5, 0.6) is 0 Å². The summed E-state index contributed by atoms with van der Waals surface area (Å²) in [5.74, 6) is 0.993. The van der Waals surface area contributed by atoms with Crippen LogP contribution >= 0.6 is 0 Å². The average Bonchev–Trinajstić information content (AvgIpc) is 1.86. The van der Waals surface area contributed by atoms with Crippen molar-refractivity contribution in [1.29, 1.82) is 0 Å². The van der Waals surface area contributed by atoms with Gasteiger partial charge in [0, 0.05) is 5.54 Å². The van der Waals surface area contributed by atoms with Crippen molar-refractivity contribution < 1.29 is 0 Å². The van der Waals surface area contributed by atoms with Crippen molar-refractivity contribution in [3.63, 3.8) is 0 Å². The molecule has 2 saturated carbocycles. The maximum Gasteiger partial charge on any atom is 0.0157 e. The maximum absolute atomic E-state index is 6.20. The molecule has 0 heterocycles. The topological polar surface area (TPSA) is 26.0 Å². The molecule has 0 spiro atoms. The van der Waals surface area contributed by atoms with E-state index in [0.717, 1.165) is 5.92 Å². The van der Waals surface area contributed by atoms with Gasteiger partial charge in [0.2, 0.25) is 0 Å². The van der Waals surface area contributed by atoms with E-state index in [1.807, 2.05) is 0 Å². The first kappa shape index (κ1) is 9.05. The Bertz CT molecular complexity index is 121. The van der Waals surface area contributed by atoms with Crippen LogP contribution in [-0.2, 0) is 0 Å². The van der Waals surface area contributed by atoms with Gasteiger partial charge < -0.3 is 5.73 Å². The van der Waals surface area contributed by atoms with E-state index in [-0.39, 0.29) is 13.0 Å². The lowest BCUT2D eigenvalue weighted by atomic mass is 9.68. The monoisotopic (exact) mass is 155 g/mol. The van der Waals surface area contributed by atoms with Gasteiger partial charge in [-0.15, -0.1) is 0 Å². The van der Waals surface area contributed by atoms with Crippen molar-refractivity contribution in [1.82, 2.24) is 0 Å². The summed E-state index contributed by atoms with van der Waals surface area (Å²) >= 11 is 0. The van der Waals surface area contributed by atoms with E-state index in [2.05, 4.69) is 0 Å². The fourth-order valence-corrected chi connectivity index (χ4v) is 2.74. The smallest absolute Gasteiger partial charge is 0.0157 e. The second kappa shape index (κ2) is 3.14. The van der Waals surface area contributed by atoms with Gasteiger partial charge in [-0.3, -0.25) is 0 Å². The molecule has 1 heteroatoms. The Balaban J connectivity index is 0.000000605. The molecule has 2 N–H and O–H groups in total. The summed E-state index contributed by atoms with van der Waals surface area (Å²) in [6, 6.07) is 0. The molecule has 0 aromatic heterocycles. The lowest BCUT2D eigenvalue weighted by molar-refractivity contribution is 0.155. The molecule has 2 fully saturated rings. The normalized spacial score (nSPS) is 42.8. The third kappa shape index (κ3) is 1.76. The highest BCUT2D eigenvalue weighted by molar-refractivity contribution is 4.93. The quantitative estimate of drug-likeness (QED) is 0.572. The Labute approximate surface area is 70.4 Å². The van der Waals surface area contributed by atoms with E-state index >= 15 is 0 Å². The SMILES string of the molecule is C.NC12CCCC(CCC1)C2. The third-order valence-electron chi connectivity index (χ3n) is 3.27. The molecule has 0 aliphatic heterocycles. The first-order valence-electron chi connectivity index (χ1n) is 4.57. The van der Waals surface area contributed by atoms with Crippen LogP contribution in [0.15, 0.2) is 0 Å². The third-order valence-corrected chi connectivity index (χ3v) is 3.27. The molecular formula is C10H21N. The molecule has 0 aromatic carbocycles. The van der Waals surface area contributed by atoms with E-state index in [4.69, 9.17) is 5.73 Å². The zero-order valence-electron chi connectivity index (χ0n) is 6.60. The number of nitrogens with two attached hydrogens (primary N) is 1. The maximum atomic E-state index is 6.20. The summed E-state index contributed by atoms with van der Waals surface area (Å²) < 4.78 is 0. The van der Waals surface area contributed by atoms with Gasteiger partial charge in [0.15, 0.2) is 0 Å². The van der Waals surface area contributed by atoms with Crippen molar-refractivity contribution in [2.45, 2.75) is 57.9 Å². The van der Waals surface area contributed by atoms with Gasteiger partial charge in [-0.25, -0.2) is 0 Å². The van der Waals surface area contributed by atoms with Crippen LogP contribution < -0.4 is 5.73 Å². The van der Waals surface area contributed by atoms with Gasteiger partial charge in [0.1, 0.15) is 0 Å². The molecule has 2 aliphatic rings. The molecule has 0 radical (unpaired) electrons. The van der Waals surface area contributed by atoms with E-state index in [0.29, 0.717) is 0 Å². The van der Waals surface area contributed by atoms with Crippen LogP contribution in [0.4, 0.5) is 0 Å². The minimum Gasteiger partial charge on any atom is -0.325 e. The Hall–Kier alpha value is -0.0400. The lowest BCUT2D eigenvalue weighted by Crippen LogP contribution is -2.46. The van der Waals surface area contributed by atoms with Gasteiger partial charge >= 0.3 is 0 Å². The van der Waals surface area contributed by atoms with Crippen LogP contribution in [-0.4, -0.2) is 5.54 Å². The highest BCUT2D eigenvalue weighted by Gasteiger charge is 2.35. The minimum atomic E-state index is 0. The Morgan fingerprint density at radius 1 is 1.09 bits per heavy atom. The average molecular weight is 155 g/mol. The number of hydrogen-bond acceptors (Lipinski definition) is 1. The van der Waals surface area contributed by atoms with Gasteiger partial charge in [-0.05, 0) is 25.2 Å². The second-order valence-electron chi connectivity index (χ2n) is 4.22. The van der Waals surface area contributed by atoms with E-state index < -0.39 is 0 Å². The number of fused-ring (bicyclic) bond motifs is 2. The molecule has 0 aromatic rings.